The van der Waals surface area contributed by atoms with Crippen molar-refractivity contribution in [2.24, 2.45) is 0 Å². The van der Waals surface area contributed by atoms with Gasteiger partial charge in [-0.3, -0.25) is 4.98 Å². The van der Waals surface area contributed by atoms with Gasteiger partial charge in [0.15, 0.2) is 0 Å². The van der Waals surface area contributed by atoms with Crippen LogP contribution in [-0.2, 0) is 0 Å². The summed E-state index contributed by atoms with van der Waals surface area (Å²) >= 11 is 0. The van der Waals surface area contributed by atoms with Crippen LogP contribution in [0.4, 0.5) is 4.39 Å². The molecule has 0 saturated carbocycles. The van der Waals surface area contributed by atoms with Gasteiger partial charge in [0.05, 0.1) is 13.8 Å². The van der Waals surface area contributed by atoms with E-state index in [0.29, 0.717) is 5.69 Å². The van der Waals surface area contributed by atoms with E-state index in [-0.39, 0.29) is 5.82 Å². The van der Waals surface area contributed by atoms with Crippen LogP contribution in [0.25, 0.3) is 11.3 Å². The first kappa shape index (κ1) is 12.0. The lowest BCUT2D eigenvalue weighted by molar-refractivity contribution is 0.634. The maximum atomic E-state index is 14.0. The highest BCUT2D eigenvalue weighted by molar-refractivity contribution is 6.88. The van der Waals surface area contributed by atoms with Gasteiger partial charge in [0.25, 0.3) is 0 Å². The fourth-order valence-corrected chi connectivity index (χ4v) is 2.99. The summed E-state index contributed by atoms with van der Waals surface area (Å²) in [6.45, 7) is 6.36. The SMILES string of the molecule is C[Si](C)(C)c1cnc(-c2ccccc2)cc1F. The van der Waals surface area contributed by atoms with Gasteiger partial charge < -0.3 is 0 Å². The summed E-state index contributed by atoms with van der Waals surface area (Å²) in [5, 5.41) is 0.789. The standard InChI is InChI=1S/C14H16FNSi/c1-17(2,3)14-10-16-13(9-12(14)15)11-7-5-4-6-8-11/h4-10H,1-3H3. The number of pyridine rings is 1. The Morgan fingerprint density at radius 1 is 1.06 bits per heavy atom. The molecule has 0 saturated heterocycles. The van der Waals surface area contributed by atoms with E-state index >= 15 is 0 Å². The van der Waals surface area contributed by atoms with Crippen molar-refractivity contribution in [1.82, 2.24) is 4.98 Å². The van der Waals surface area contributed by atoms with Crippen molar-refractivity contribution in [1.29, 1.82) is 0 Å². The number of halogens is 1. The van der Waals surface area contributed by atoms with Gasteiger partial charge in [0, 0.05) is 17.8 Å². The average molecular weight is 245 g/mol. The van der Waals surface area contributed by atoms with Crippen molar-refractivity contribution < 1.29 is 4.39 Å². The third kappa shape index (κ3) is 2.61. The van der Waals surface area contributed by atoms with Crippen molar-refractivity contribution in [2.45, 2.75) is 19.6 Å². The van der Waals surface area contributed by atoms with E-state index in [4.69, 9.17) is 0 Å². The maximum Gasteiger partial charge on any atom is 0.126 e. The minimum absolute atomic E-state index is 0.127. The van der Waals surface area contributed by atoms with Crippen LogP contribution in [0.15, 0.2) is 42.6 Å². The first-order chi connectivity index (χ1) is 7.98. The number of rotatable bonds is 2. The zero-order valence-corrected chi connectivity index (χ0v) is 11.4. The third-order valence-corrected chi connectivity index (χ3v) is 4.71. The molecular weight excluding hydrogens is 229 g/mol. The smallest absolute Gasteiger partial charge is 0.126 e. The van der Waals surface area contributed by atoms with Crippen LogP contribution in [0.2, 0.25) is 19.6 Å². The minimum Gasteiger partial charge on any atom is -0.256 e. The Morgan fingerprint density at radius 3 is 2.24 bits per heavy atom. The first-order valence-electron chi connectivity index (χ1n) is 5.70. The Balaban J connectivity index is 2.45. The lowest BCUT2D eigenvalue weighted by atomic mass is 10.1. The van der Waals surface area contributed by atoms with Crippen LogP contribution in [0.5, 0.6) is 0 Å². The topological polar surface area (TPSA) is 12.9 Å². The average Bonchev–Trinajstić information content (AvgIpc) is 2.28. The molecule has 0 unspecified atom stereocenters. The quantitative estimate of drug-likeness (QED) is 0.739. The predicted octanol–water partition coefficient (Wildman–Crippen LogP) is 3.43. The molecule has 3 heteroatoms. The summed E-state index contributed by atoms with van der Waals surface area (Å²) in [7, 11) is -1.64. The van der Waals surface area contributed by atoms with Gasteiger partial charge in [0.1, 0.15) is 5.82 Å². The van der Waals surface area contributed by atoms with Crippen molar-refractivity contribution in [2.75, 3.05) is 0 Å². The number of hydrogen-bond acceptors (Lipinski definition) is 1. The largest absolute Gasteiger partial charge is 0.256 e. The lowest BCUT2D eigenvalue weighted by Crippen LogP contribution is -2.40. The second-order valence-electron chi connectivity index (χ2n) is 5.17. The molecule has 2 rings (SSSR count). The van der Waals surface area contributed by atoms with Crippen LogP contribution in [0, 0.1) is 5.82 Å². The molecule has 0 aliphatic heterocycles. The highest BCUT2D eigenvalue weighted by Gasteiger charge is 2.21. The molecule has 0 amide bonds. The number of hydrogen-bond donors (Lipinski definition) is 0. The highest BCUT2D eigenvalue weighted by Crippen LogP contribution is 2.17. The molecular formula is C14H16FNSi. The highest BCUT2D eigenvalue weighted by atomic mass is 28.3. The van der Waals surface area contributed by atoms with Gasteiger partial charge in [-0.15, -0.1) is 0 Å². The van der Waals surface area contributed by atoms with Crippen molar-refractivity contribution in [3.63, 3.8) is 0 Å². The van der Waals surface area contributed by atoms with E-state index in [2.05, 4.69) is 24.6 Å². The number of benzene rings is 1. The van der Waals surface area contributed by atoms with Crippen molar-refractivity contribution in [3.05, 3.63) is 48.4 Å². The van der Waals surface area contributed by atoms with Gasteiger partial charge in [-0.2, -0.15) is 0 Å². The normalized spacial score (nSPS) is 11.5. The second kappa shape index (κ2) is 4.41. The van der Waals surface area contributed by atoms with E-state index in [1.807, 2.05) is 30.3 Å². The molecule has 17 heavy (non-hydrogen) atoms. The van der Waals surface area contributed by atoms with E-state index in [0.717, 1.165) is 10.8 Å². The molecule has 1 aromatic carbocycles. The van der Waals surface area contributed by atoms with E-state index < -0.39 is 8.07 Å². The van der Waals surface area contributed by atoms with Crippen LogP contribution in [0.1, 0.15) is 0 Å². The van der Waals surface area contributed by atoms with Gasteiger partial charge in [0.2, 0.25) is 0 Å². The Morgan fingerprint density at radius 2 is 1.71 bits per heavy atom. The summed E-state index contributed by atoms with van der Waals surface area (Å²) in [5.41, 5.74) is 1.65. The third-order valence-electron chi connectivity index (χ3n) is 2.73. The van der Waals surface area contributed by atoms with Gasteiger partial charge >= 0.3 is 0 Å². The molecule has 0 bridgehead atoms. The van der Waals surface area contributed by atoms with Crippen LogP contribution >= 0.6 is 0 Å². The molecule has 0 aliphatic carbocycles. The van der Waals surface area contributed by atoms with Gasteiger partial charge in [-0.05, 0) is 5.19 Å². The monoisotopic (exact) mass is 245 g/mol. The van der Waals surface area contributed by atoms with E-state index in [1.165, 1.54) is 0 Å². The molecule has 1 heterocycles. The zero-order chi connectivity index (χ0) is 12.5. The van der Waals surface area contributed by atoms with Crippen LogP contribution in [-0.4, -0.2) is 13.1 Å². The van der Waals surface area contributed by atoms with Crippen molar-refractivity contribution >= 4 is 13.3 Å². The predicted molar refractivity (Wildman–Crippen MR) is 72.6 cm³/mol. The Labute approximate surface area is 102 Å². The molecule has 1 aromatic heterocycles. The zero-order valence-electron chi connectivity index (χ0n) is 10.4. The van der Waals surface area contributed by atoms with E-state index in [9.17, 15) is 4.39 Å². The second-order valence-corrected chi connectivity index (χ2v) is 10.2. The van der Waals surface area contributed by atoms with Gasteiger partial charge in [-0.25, -0.2) is 4.39 Å². The molecule has 1 nitrogen and oxygen atoms in total. The summed E-state index contributed by atoms with van der Waals surface area (Å²) in [6, 6.07) is 11.2. The Kier molecular flexibility index (Phi) is 3.11. The minimum atomic E-state index is -1.64. The molecule has 0 radical (unpaired) electrons. The lowest BCUT2D eigenvalue weighted by Gasteiger charge is -2.17. The molecule has 0 N–H and O–H groups in total. The molecule has 0 fully saturated rings. The van der Waals surface area contributed by atoms with Gasteiger partial charge in [-0.1, -0.05) is 50.0 Å². The number of aromatic nitrogens is 1. The Hall–Kier alpha value is -1.48. The van der Waals surface area contributed by atoms with Crippen molar-refractivity contribution in [3.8, 4) is 11.3 Å². The van der Waals surface area contributed by atoms with Crippen LogP contribution < -0.4 is 5.19 Å². The summed E-state index contributed by atoms with van der Waals surface area (Å²) in [5.74, 6) is -0.127. The molecule has 0 spiro atoms. The molecule has 0 atom stereocenters. The maximum absolute atomic E-state index is 14.0. The molecule has 0 aliphatic rings. The molecule has 88 valence electrons. The first-order valence-corrected chi connectivity index (χ1v) is 9.20. The summed E-state index contributed by atoms with van der Waals surface area (Å²) in [6.07, 6.45) is 1.70. The van der Waals surface area contributed by atoms with E-state index in [1.54, 1.807) is 12.3 Å². The fourth-order valence-electron chi connectivity index (χ4n) is 1.75. The Bertz CT molecular complexity index is 517. The summed E-state index contributed by atoms with van der Waals surface area (Å²) < 4.78 is 14.0. The molecule has 2 aromatic rings. The van der Waals surface area contributed by atoms with Crippen LogP contribution in [0.3, 0.4) is 0 Å². The fraction of sp³-hybridized carbons (Fsp3) is 0.214. The summed E-state index contributed by atoms with van der Waals surface area (Å²) in [4.78, 5) is 4.37. The number of nitrogens with zero attached hydrogens (tertiary/aromatic N) is 1.